The summed E-state index contributed by atoms with van der Waals surface area (Å²) in [5.74, 6) is 1.17. The Bertz CT molecular complexity index is 747. The number of hydrazone groups is 1. The maximum Gasteiger partial charge on any atom is 0.271 e. The van der Waals surface area contributed by atoms with Crippen molar-refractivity contribution in [1.82, 2.24) is 15.2 Å². The van der Waals surface area contributed by atoms with Gasteiger partial charge in [-0.1, -0.05) is 11.6 Å². The lowest BCUT2D eigenvalue weighted by Crippen LogP contribution is -2.10. The van der Waals surface area contributed by atoms with Gasteiger partial charge in [0.2, 0.25) is 5.95 Å². The summed E-state index contributed by atoms with van der Waals surface area (Å²) in [6.45, 7) is 4.70. The largest absolute Gasteiger partial charge is 0.490 e. The third kappa shape index (κ3) is 4.68. The molecule has 8 nitrogen and oxygen atoms in total. The molecule has 0 unspecified atom stereocenters. The van der Waals surface area contributed by atoms with E-state index in [0.29, 0.717) is 35.3 Å². The lowest BCUT2D eigenvalue weighted by molar-refractivity contribution is 0.288. The van der Waals surface area contributed by atoms with Crippen molar-refractivity contribution >= 4 is 23.8 Å². The van der Waals surface area contributed by atoms with Crippen LogP contribution in [0.15, 0.2) is 28.2 Å². The van der Waals surface area contributed by atoms with Crippen LogP contribution in [0.2, 0.25) is 5.02 Å². The molecule has 1 aromatic carbocycles. The van der Waals surface area contributed by atoms with Gasteiger partial charge in [-0.25, -0.2) is 5.43 Å². The normalized spacial score (nSPS) is 10.7. The minimum Gasteiger partial charge on any atom is -0.490 e. The molecular weight excluding hydrogens is 322 g/mol. The summed E-state index contributed by atoms with van der Waals surface area (Å²) in [4.78, 5) is 13.5. The molecule has 0 aliphatic rings. The van der Waals surface area contributed by atoms with Crippen LogP contribution in [-0.4, -0.2) is 34.6 Å². The summed E-state index contributed by atoms with van der Waals surface area (Å²) in [6, 6.07) is 3.45. The van der Waals surface area contributed by atoms with E-state index in [1.807, 2.05) is 13.8 Å². The van der Waals surface area contributed by atoms with E-state index in [9.17, 15) is 4.79 Å². The van der Waals surface area contributed by atoms with Crippen LogP contribution in [-0.2, 0) is 0 Å². The minimum absolute atomic E-state index is 0.135. The van der Waals surface area contributed by atoms with Crippen molar-refractivity contribution in [3.63, 3.8) is 0 Å². The molecule has 0 bridgehead atoms. The maximum absolute atomic E-state index is 11.1. The Balaban J connectivity index is 2.19. The van der Waals surface area contributed by atoms with Gasteiger partial charge < -0.3 is 9.47 Å². The fourth-order valence-electron chi connectivity index (χ4n) is 1.74. The second-order valence-corrected chi connectivity index (χ2v) is 4.66. The third-order valence-corrected chi connectivity index (χ3v) is 2.86. The summed E-state index contributed by atoms with van der Waals surface area (Å²) < 4.78 is 11.0. The molecule has 122 valence electrons. The van der Waals surface area contributed by atoms with Gasteiger partial charge in [-0.15, -0.1) is 10.2 Å². The quantitative estimate of drug-likeness (QED) is 0.592. The molecule has 1 aromatic heterocycles. The molecule has 0 radical (unpaired) electrons. The van der Waals surface area contributed by atoms with Crippen molar-refractivity contribution in [3.05, 3.63) is 39.3 Å². The SMILES string of the molecule is CCOc1cc(/C=N/Nc2nncc(=O)[nH]2)cc(Cl)c1OCC. The summed E-state index contributed by atoms with van der Waals surface area (Å²) in [5.41, 5.74) is 2.89. The molecule has 0 atom stereocenters. The van der Waals surface area contributed by atoms with Crippen LogP contribution in [0.25, 0.3) is 0 Å². The fraction of sp³-hybridized carbons (Fsp3) is 0.286. The highest BCUT2D eigenvalue weighted by molar-refractivity contribution is 6.32. The highest BCUT2D eigenvalue weighted by Gasteiger charge is 2.11. The van der Waals surface area contributed by atoms with E-state index in [1.54, 1.807) is 12.1 Å². The Labute approximate surface area is 137 Å². The molecule has 2 aromatic rings. The number of benzene rings is 1. The molecule has 0 saturated heterocycles. The zero-order chi connectivity index (χ0) is 16.7. The van der Waals surface area contributed by atoms with Gasteiger partial charge in [-0.2, -0.15) is 5.10 Å². The average molecular weight is 338 g/mol. The average Bonchev–Trinajstić information content (AvgIpc) is 2.51. The molecule has 0 fully saturated rings. The summed E-state index contributed by atoms with van der Waals surface area (Å²) in [6.07, 6.45) is 2.58. The molecule has 0 aliphatic carbocycles. The fourth-order valence-corrected chi connectivity index (χ4v) is 2.01. The lowest BCUT2D eigenvalue weighted by Gasteiger charge is -2.13. The number of hydrogen-bond donors (Lipinski definition) is 2. The number of H-pyrrole nitrogens is 1. The van der Waals surface area contributed by atoms with Gasteiger partial charge in [0.05, 0.1) is 24.5 Å². The summed E-state index contributed by atoms with van der Waals surface area (Å²) in [5, 5.41) is 11.6. The minimum atomic E-state index is -0.375. The van der Waals surface area contributed by atoms with Crippen LogP contribution in [0.3, 0.4) is 0 Å². The number of aromatic nitrogens is 3. The molecule has 2 rings (SSSR count). The number of halogens is 1. The van der Waals surface area contributed by atoms with E-state index in [-0.39, 0.29) is 11.5 Å². The Morgan fingerprint density at radius 3 is 2.83 bits per heavy atom. The highest BCUT2D eigenvalue weighted by Crippen LogP contribution is 2.36. The molecule has 9 heteroatoms. The van der Waals surface area contributed by atoms with Crippen LogP contribution >= 0.6 is 11.6 Å². The van der Waals surface area contributed by atoms with Crippen molar-refractivity contribution in [1.29, 1.82) is 0 Å². The molecule has 0 amide bonds. The number of rotatable bonds is 7. The van der Waals surface area contributed by atoms with E-state index in [1.165, 1.54) is 6.21 Å². The van der Waals surface area contributed by atoms with Gasteiger partial charge in [0, 0.05) is 0 Å². The van der Waals surface area contributed by atoms with Gasteiger partial charge in [0.15, 0.2) is 11.5 Å². The smallest absolute Gasteiger partial charge is 0.271 e. The van der Waals surface area contributed by atoms with Crippen LogP contribution in [0.5, 0.6) is 11.5 Å². The molecule has 1 heterocycles. The Morgan fingerprint density at radius 2 is 2.13 bits per heavy atom. The Kier molecular flexibility index (Phi) is 5.93. The van der Waals surface area contributed by atoms with Gasteiger partial charge in [0.25, 0.3) is 5.56 Å². The third-order valence-electron chi connectivity index (χ3n) is 2.58. The first kappa shape index (κ1) is 16.8. The standard InChI is InChI=1S/C14H16ClN5O3/c1-3-22-11-6-9(5-10(15)13(11)23-4-2)7-16-19-14-18-12(21)8-17-20-14/h5-8H,3-4H2,1-2H3,(H2,18,19,20,21)/b16-7+. The van der Waals surface area contributed by atoms with Crippen molar-refractivity contribution < 1.29 is 9.47 Å². The van der Waals surface area contributed by atoms with E-state index in [2.05, 4.69) is 25.7 Å². The van der Waals surface area contributed by atoms with Crippen molar-refractivity contribution in [2.75, 3.05) is 18.6 Å². The van der Waals surface area contributed by atoms with E-state index in [0.717, 1.165) is 6.20 Å². The lowest BCUT2D eigenvalue weighted by atomic mass is 10.2. The number of aromatic amines is 1. The van der Waals surface area contributed by atoms with Crippen LogP contribution in [0.1, 0.15) is 19.4 Å². The van der Waals surface area contributed by atoms with Crippen LogP contribution in [0.4, 0.5) is 5.95 Å². The second-order valence-electron chi connectivity index (χ2n) is 4.25. The Hall–Kier alpha value is -2.61. The monoisotopic (exact) mass is 337 g/mol. The maximum atomic E-state index is 11.1. The number of hydrogen-bond acceptors (Lipinski definition) is 7. The number of nitrogens with zero attached hydrogens (tertiary/aromatic N) is 3. The number of ether oxygens (including phenoxy) is 2. The predicted molar refractivity (Wildman–Crippen MR) is 87.7 cm³/mol. The topological polar surface area (TPSA) is 101 Å². The van der Waals surface area contributed by atoms with Crippen molar-refractivity contribution in [2.45, 2.75) is 13.8 Å². The zero-order valence-corrected chi connectivity index (χ0v) is 13.4. The molecule has 0 saturated carbocycles. The first-order chi connectivity index (χ1) is 11.1. The van der Waals surface area contributed by atoms with Gasteiger partial charge >= 0.3 is 0 Å². The molecule has 2 N–H and O–H groups in total. The van der Waals surface area contributed by atoms with E-state index >= 15 is 0 Å². The summed E-state index contributed by atoms with van der Waals surface area (Å²) >= 11 is 6.21. The first-order valence-electron chi connectivity index (χ1n) is 6.94. The number of nitrogens with one attached hydrogen (secondary N) is 2. The van der Waals surface area contributed by atoms with Crippen molar-refractivity contribution in [3.8, 4) is 11.5 Å². The predicted octanol–water partition coefficient (Wildman–Crippen LogP) is 2.06. The van der Waals surface area contributed by atoms with Gasteiger partial charge in [-0.3, -0.25) is 9.78 Å². The molecule has 23 heavy (non-hydrogen) atoms. The van der Waals surface area contributed by atoms with Crippen molar-refractivity contribution in [2.24, 2.45) is 5.10 Å². The first-order valence-corrected chi connectivity index (χ1v) is 7.32. The van der Waals surface area contributed by atoms with E-state index in [4.69, 9.17) is 21.1 Å². The van der Waals surface area contributed by atoms with Gasteiger partial charge in [0.1, 0.15) is 6.20 Å². The van der Waals surface area contributed by atoms with E-state index < -0.39 is 0 Å². The highest BCUT2D eigenvalue weighted by atomic mass is 35.5. The molecule has 0 aliphatic heterocycles. The molecule has 0 spiro atoms. The van der Waals surface area contributed by atoms with Crippen LogP contribution in [0, 0.1) is 0 Å². The van der Waals surface area contributed by atoms with Gasteiger partial charge in [-0.05, 0) is 31.5 Å². The number of anilines is 1. The second kappa shape index (κ2) is 8.14. The zero-order valence-electron chi connectivity index (χ0n) is 12.7. The van der Waals surface area contributed by atoms with Crippen LogP contribution < -0.4 is 20.5 Å². The Morgan fingerprint density at radius 1 is 1.35 bits per heavy atom. The molecular formula is C14H16ClN5O3. The summed E-state index contributed by atoms with van der Waals surface area (Å²) in [7, 11) is 0.